The lowest BCUT2D eigenvalue weighted by Gasteiger charge is -2.18. The molecule has 128 valence electrons. The van der Waals surface area contributed by atoms with E-state index in [0.717, 1.165) is 11.1 Å². The van der Waals surface area contributed by atoms with E-state index in [4.69, 9.17) is 4.74 Å². The summed E-state index contributed by atoms with van der Waals surface area (Å²) in [6.45, 7) is 1.90. The van der Waals surface area contributed by atoms with E-state index in [1.807, 2.05) is 23.8 Å². The van der Waals surface area contributed by atoms with Crippen LogP contribution in [-0.2, 0) is 14.8 Å². The van der Waals surface area contributed by atoms with Gasteiger partial charge in [-0.3, -0.25) is 0 Å². The lowest BCUT2D eigenvalue weighted by Crippen LogP contribution is -2.25. The normalized spacial score (nSPS) is 13.0. The van der Waals surface area contributed by atoms with Crippen molar-refractivity contribution in [3.8, 4) is 0 Å². The van der Waals surface area contributed by atoms with Gasteiger partial charge in [-0.05, 0) is 41.4 Å². The fourth-order valence-corrected chi connectivity index (χ4v) is 3.76. The zero-order valence-corrected chi connectivity index (χ0v) is 15.7. The molecule has 0 saturated heterocycles. The average molecular weight is 364 g/mol. The maximum atomic E-state index is 12.7. The van der Waals surface area contributed by atoms with Crippen molar-refractivity contribution in [3.05, 3.63) is 58.5 Å². The number of rotatable bonds is 5. The molecular weight excluding hydrogens is 344 g/mol. The first-order valence-electron chi connectivity index (χ1n) is 7.20. The molecule has 0 unspecified atom stereocenters. The van der Waals surface area contributed by atoms with Gasteiger partial charge in [0.25, 0.3) is 10.0 Å². The number of thiophene rings is 1. The number of ether oxygens (including phenoxy) is 1. The largest absolute Gasteiger partial charge is 0.504 e. The van der Waals surface area contributed by atoms with E-state index in [2.05, 4.69) is 4.40 Å². The monoisotopic (exact) mass is 364 g/mol. The summed E-state index contributed by atoms with van der Waals surface area (Å²) in [4.78, 5) is 1.82. The Kier molecular flexibility index (Phi) is 5.80. The second-order valence-electron chi connectivity index (χ2n) is 5.38. The number of nitrogens with zero attached hydrogens (tertiary/aromatic N) is 2. The summed E-state index contributed by atoms with van der Waals surface area (Å²) >= 11 is 1.52. The minimum Gasteiger partial charge on any atom is -0.504 e. The summed E-state index contributed by atoms with van der Waals surface area (Å²) < 4.78 is 34.5. The molecule has 1 aromatic heterocycles. The molecule has 0 aliphatic carbocycles. The van der Waals surface area contributed by atoms with Crippen molar-refractivity contribution in [2.24, 2.45) is 4.40 Å². The highest BCUT2D eigenvalue weighted by atomic mass is 32.2. The van der Waals surface area contributed by atoms with Crippen LogP contribution in [0.15, 0.2) is 56.6 Å². The Bertz CT molecular complexity index is 834. The number of hydrogen-bond acceptors (Lipinski definition) is 4. The van der Waals surface area contributed by atoms with Crippen LogP contribution in [-0.4, -0.2) is 40.4 Å². The Balaban J connectivity index is 2.55. The lowest BCUT2D eigenvalue weighted by atomic mass is 10.1. The molecule has 1 aromatic carbocycles. The highest BCUT2D eigenvalue weighted by Gasteiger charge is 2.20. The molecule has 2 rings (SSSR count). The number of hydrogen-bond donors (Lipinski definition) is 0. The van der Waals surface area contributed by atoms with Gasteiger partial charge in [-0.15, -0.1) is 4.40 Å². The third-order valence-electron chi connectivity index (χ3n) is 3.26. The van der Waals surface area contributed by atoms with Crippen LogP contribution in [0.1, 0.15) is 11.1 Å². The highest BCUT2D eigenvalue weighted by Crippen LogP contribution is 2.23. The Morgan fingerprint density at radius 2 is 1.88 bits per heavy atom. The molecule has 0 atom stereocenters. The van der Waals surface area contributed by atoms with E-state index < -0.39 is 10.0 Å². The van der Waals surface area contributed by atoms with Crippen LogP contribution in [0.2, 0.25) is 0 Å². The minimum atomic E-state index is -3.82. The maximum Gasteiger partial charge on any atom is 0.284 e. The molecule has 0 spiro atoms. The third-order valence-corrected chi connectivity index (χ3v) is 5.22. The zero-order valence-electron chi connectivity index (χ0n) is 14.1. The van der Waals surface area contributed by atoms with E-state index >= 15 is 0 Å². The quantitative estimate of drug-likeness (QED) is 0.463. The van der Waals surface area contributed by atoms with Crippen molar-refractivity contribution in [2.45, 2.75) is 11.8 Å². The molecular formula is C17H20N2O3S2. The van der Waals surface area contributed by atoms with Gasteiger partial charge in [0.05, 0.1) is 23.8 Å². The molecule has 1 heterocycles. The summed E-state index contributed by atoms with van der Waals surface area (Å²) in [5.74, 6) is 0.316. The molecule has 0 bridgehead atoms. The number of aryl methyl sites for hydroxylation is 1. The molecule has 24 heavy (non-hydrogen) atoms. The Hall–Kier alpha value is -2.12. The van der Waals surface area contributed by atoms with Crippen LogP contribution in [0.5, 0.6) is 0 Å². The fraction of sp³-hybridized carbons (Fsp3) is 0.235. The number of methoxy groups -OCH3 is 1. The second kappa shape index (κ2) is 7.63. The molecule has 2 aromatic rings. The molecule has 0 aliphatic rings. The molecule has 7 heteroatoms. The van der Waals surface area contributed by atoms with Gasteiger partial charge in [-0.2, -0.15) is 19.8 Å². The average Bonchev–Trinajstić information content (AvgIpc) is 3.05. The molecule has 5 nitrogen and oxygen atoms in total. The first kappa shape index (κ1) is 18.2. The number of sulfonamides is 1. The van der Waals surface area contributed by atoms with Crippen LogP contribution in [0.3, 0.4) is 0 Å². The first-order chi connectivity index (χ1) is 11.3. The van der Waals surface area contributed by atoms with Crippen molar-refractivity contribution in [3.63, 3.8) is 0 Å². The number of likely N-dealkylation sites (N-methyl/N-ethyl adjacent to an activating group) is 1. The van der Waals surface area contributed by atoms with Crippen LogP contribution in [0.25, 0.3) is 5.57 Å². The van der Waals surface area contributed by atoms with Crippen LogP contribution < -0.4 is 0 Å². The lowest BCUT2D eigenvalue weighted by molar-refractivity contribution is 0.340. The van der Waals surface area contributed by atoms with Crippen molar-refractivity contribution < 1.29 is 13.2 Å². The summed E-state index contributed by atoms with van der Waals surface area (Å²) in [5.41, 5.74) is 2.46. The number of benzene rings is 1. The molecule has 0 amide bonds. The van der Waals surface area contributed by atoms with Crippen LogP contribution in [0.4, 0.5) is 0 Å². The minimum absolute atomic E-state index is 0.162. The summed E-state index contributed by atoms with van der Waals surface area (Å²) in [7, 11) is 1.20. The van der Waals surface area contributed by atoms with Crippen molar-refractivity contribution in [1.29, 1.82) is 0 Å². The Morgan fingerprint density at radius 1 is 1.21 bits per heavy atom. The molecule has 0 fully saturated rings. The predicted octanol–water partition coefficient (Wildman–Crippen LogP) is 3.39. The standard InChI is InChI=1S/C17H20N2O3S2/c1-13-5-7-15(8-6-13)24(20,21)18-17(19(2)3)16(11-22-4)14-9-10-23-12-14/h5-12H,1-4H3/b16-11+,18-17+. The van der Waals surface area contributed by atoms with Crippen molar-refractivity contribution in [2.75, 3.05) is 21.2 Å². The predicted molar refractivity (Wildman–Crippen MR) is 98.8 cm³/mol. The van der Waals surface area contributed by atoms with Gasteiger partial charge in [-0.1, -0.05) is 17.7 Å². The fourth-order valence-electron chi connectivity index (χ4n) is 2.03. The van der Waals surface area contributed by atoms with E-state index in [1.165, 1.54) is 24.7 Å². The molecule has 0 saturated carbocycles. The smallest absolute Gasteiger partial charge is 0.284 e. The van der Waals surface area contributed by atoms with Gasteiger partial charge in [0, 0.05) is 14.1 Å². The van der Waals surface area contributed by atoms with Gasteiger partial charge in [-0.25, -0.2) is 0 Å². The van der Waals surface area contributed by atoms with Gasteiger partial charge in [0.1, 0.15) is 0 Å². The maximum absolute atomic E-state index is 12.7. The van der Waals surface area contributed by atoms with E-state index in [1.54, 1.807) is 43.3 Å². The van der Waals surface area contributed by atoms with Gasteiger partial charge in [0.2, 0.25) is 0 Å². The van der Waals surface area contributed by atoms with Gasteiger partial charge >= 0.3 is 0 Å². The zero-order chi connectivity index (χ0) is 17.7. The Labute approximate surface area is 147 Å². The van der Waals surface area contributed by atoms with Gasteiger partial charge < -0.3 is 9.64 Å². The number of amidine groups is 1. The second-order valence-corrected chi connectivity index (χ2v) is 7.76. The van der Waals surface area contributed by atoms with Crippen LogP contribution in [0, 0.1) is 6.92 Å². The van der Waals surface area contributed by atoms with Crippen molar-refractivity contribution >= 4 is 32.8 Å². The van der Waals surface area contributed by atoms with E-state index in [9.17, 15) is 8.42 Å². The molecule has 0 aliphatic heterocycles. The third kappa shape index (κ3) is 4.24. The molecule has 0 N–H and O–H groups in total. The van der Waals surface area contributed by atoms with Gasteiger partial charge in [0.15, 0.2) is 5.84 Å². The summed E-state index contributed by atoms with van der Waals surface area (Å²) in [6, 6.07) is 8.52. The summed E-state index contributed by atoms with van der Waals surface area (Å²) in [5, 5.41) is 3.84. The van der Waals surface area contributed by atoms with E-state index in [-0.39, 0.29) is 4.90 Å². The summed E-state index contributed by atoms with van der Waals surface area (Å²) in [6.07, 6.45) is 1.51. The topological polar surface area (TPSA) is 59.0 Å². The van der Waals surface area contributed by atoms with Crippen molar-refractivity contribution in [1.82, 2.24) is 4.90 Å². The SMILES string of the molecule is CO/C=C(/C(=N\S(=O)(=O)c1ccc(C)cc1)N(C)C)c1ccsc1. The van der Waals surface area contributed by atoms with Crippen LogP contribution >= 0.6 is 11.3 Å². The first-order valence-corrected chi connectivity index (χ1v) is 9.58. The molecule has 0 radical (unpaired) electrons. The van der Waals surface area contributed by atoms with E-state index in [0.29, 0.717) is 11.4 Å². The Morgan fingerprint density at radius 3 is 2.38 bits per heavy atom. The highest BCUT2D eigenvalue weighted by molar-refractivity contribution is 7.90.